The maximum atomic E-state index is 13.3. The second-order valence-electron chi connectivity index (χ2n) is 9.73. The first-order chi connectivity index (χ1) is 19.1. The van der Waals surface area contributed by atoms with E-state index in [1.807, 2.05) is 18.2 Å². The van der Waals surface area contributed by atoms with Crippen molar-refractivity contribution >= 4 is 38.2 Å². The Bertz CT molecular complexity index is 1490. The first-order valence-electron chi connectivity index (χ1n) is 12.9. The van der Waals surface area contributed by atoms with Crippen LogP contribution in [-0.2, 0) is 29.5 Å². The van der Waals surface area contributed by atoms with Gasteiger partial charge in [-0.3, -0.25) is 14.5 Å². The first-order valence-corrected chi connectivity index (χ1v) is 15.2. The SMILES string of the molecule is C=CCN(CC=C)S(=O)(=O)c1ccc(C(=O)Nc2sc3c(c2C(=O)N(C)C)CCN(Cc2ccccc2)C3)cc1. The smallest absolute Gasteiger partial charge is 0.256 e. The Kier molecular flexibility index (Phi) is 9.36. The Morgan fingerprint density at radius 1 is 1.02 bits per heavy atom. The fraction of sp³-hybridized carbons (Fsp3) is 0.267. The number of fused-ring (bicyclic) bond motifs is 1. The van der Waals surface area contributed by atoms with Gasteiger partial charge in [0.25, 0.3) is 11.8 Å². The summed E-state index contributed by atoms with van der Waals surface area (Å²) in [6, 6.07) is 16.0. The summed E-state index contributed by atoms with van der Waals surface area (Å²) < 4.78 is 27.3. The van der Waals surface area contributed by atoms with Gasteiger partial charge in [0.15, 0.2) is 0 Å². The zero-order chi connectivity index (χ0) is 28.9. The van der Waals surface area contributed by atoms with Crippen LogP contribution in [0, 0.1) is 0 Å². The molecule has 2 heterocycles. The number of amides is 2. The molecule has 210 valence electrons. The lowest BCUT2D eigenvalue weighted by Crippen LogP contribution is -2.31. The lowest BCUT2D eigenvalue weighted by molar-refractivity contribution is 0.0827. The van der Waals surface area contributed by atoms with Crippen molar-refractivity contribution in [1.82, 2.24) is 14.1 Å². The van der Waals surface area contributed by atoms with Crippen LogP contribution < -0.4 is 5.32 Å². The molecule has 4 rings (SSSR count). The Morgan fingerprint density at radius 3 is 2.27 bits per heavy atom. The molecule has 3 aromatic rings. The monoisotopic (exact) mass is 578 g/mol. The molecule has 0 bridgehead atoms. The molecule has 0 radical (unpaired) electrons. The van der Waals surface area contributed by atoms with E-state index in [1.165, 1.54) is 62.5 Å². The van der Waals surface area contributed by atoms with E-state index in [4.69, 9.17) is 0 Å². The van der Waals surface area contributed by atoms with Crippen LogP contribution >= 0.6 is 11.3 Å². The van der Waals surface area contributed by atoms with E-state index < -0.39 is 15.9 Å². The highest BCUT2D eigenvalue weighted by atomic mass is 32.2. The fourth-order valence-corrected chi connectivity index (χ4v) is 7.29. The molecule has 1 aromatic heterocycles. The molecule has 0 atom stereocenters. The average molecular weight is 579 g/mol. The van der Waals surface area contributed by atoms with E-state index >= 15 is 0 Å². The zero-order valence-corrected chi connectivity index (χ0v) is 24.4. The molecular weight excluding hydrogens is 544 g/mol. The lowest BCUT2D eigenvalue weighted by atomic mass is 10.0. The molecule has 0 saturated carbocycles. The number of hydrogen-bond acceptors (Lipinski definition) is 6. The molecule has 1 N–H and O–H groups in total. The summed E-state index contributed by atoms with van der Waals surface area (Å²) in [5, 5.41) is 3.44. The number of rotatable bonds is 11. The van der Waals surface area contributed by atoms with Gasteiger partial charge < -0.3 is 10.2 Å². The van der Waals surface area contributed by atoms with Gasteiger partial charge in [-0.1, -0.05) is 42.5 Å². The lowest BCUT2D eigenvalue weighted by Gasteiger charge is -2.27. The summed E-state index contributed by atoms with van der Waals surface area (Å²) in [6.45, 7) is 9.84. The van der Waals surface area contributed by atoms with E-state index in [9.17, 15) is 18.0 Å². The third-order valence-electron chi connectivity index (χ3n) is 6.65. The minimum atomic E-state index is -3.78. The van der Waals surface area contributed by atoms with E-state index in [-0.39, 0.29) is 23.9 Å². The Labute approximate surface area is 240 Å². The second-order valence-corrected chi connectivity index (χ2v) is 12.8. The van der Waals surface area contributed by atoms with Crippen LogP contribution in [0.4, 0.5) is 5.00 Å². The number of carbonyl (C=O) groups is 2. The predicted molar refractivity (Wildman–Crippen MR) is 160 cm³/mol. The molecular formula is C30H34N4O4S2. The number of hydrogen-bond donors (Lipinski definition) is 1. The van der Waals surface area contributed by atoms with E-state index in [2.05, 4.69) is 35.5 Å². The summed E-state index contributed by atoms with van der Waals surface area (Å²) in [5.74, 6) is -0.569. The van der Waals surface area contributed by atoms with Crippen molar-refractivity contribution in [3.8, 4) is 0 Å². The Balaban J connectivity index is 1.56. The molecule has 0 aliphatic carbocycles. The van der Waals surface area contributed by atoms with Crippen LogP contribution in [0.1, 0.15) is 36.7 Å². The number of thiophene rings is 1. The minimum Gasteiger partial charge on any atom is -0.345 e. The van der Waals surface area contributed by atoms with Crippen molar-refractivity contribution in [2.75, 3.05) is 39.0 Å². The Morgan fingerprint density at radius 2 is 1.68 bits per heavy atom. The first kappa shape index (κ1) is 29.4. The van der Waals surface area contributed by atoms with Gasteiger partial charge in [-0.2, -0.15) is 4.31 Å². The second kappa shape index (κ2) is 12.7. The van der Waals surface area contributed by atoms with Crippen LogP contribution in [-0.4, -0.2) is 68.1 Å². The van der Waals surface area contributed by atoms with Crippen molar-refractivity contribution in [2.24, 2.45) is 0 Å². The van der Waals surface area contributed by atoms with Gasteiger partial charge in [0.1, 0.15) is 5.00 Å². The molecule has 10 heteroatoms. The largest absolute Gasteiger partial charge is 0.345 e. The summed E-state index contributed by atoms with van der Waals surface area (Å²) in [5.41, 5.74) is 3.03. The minimum absolute atomic E-state index is 0.0707. The van der Waals surface area contributed by atoms with E-state index in [1.54, 1.807) is 14.1 Å². The number of anilines is 1. The third kappa shape index (κ3) is 6.42. The molecule has 0 fully saturated rings. The molecule has 0 spiro atoms. The van der Waals surface area contributed by atoms with Gasteiger partial charge >= 0.3 is 0 Å². The summed E-state index contributed by atoms with van der Waals surface area (Å²) in [6.07, 6.45) is 3.73. The third-order valence-corrected chi connectivity index (χ3v) is 9.63. The maximum absolute atomic E-state index is 13.3. The summed E-state index contributed by atoms with van der Waals surface area (Å²) in [7, 11) is -0.382. The maximum Gasteiger partial charge on any atom is 0.256 e. The average Bonchev–Trinajstić information content (AvgIpc) is 3.29. The molecule has 2 amide bonds. The van der Waals surface area contributed by atoms with Crippen LogP contribution in [0.3, 0.4) is 0 Å². The van der Waals surface area contributed by atoms with Crippen molar-refractivity contribution in [3.05, 3.63) is 107 Å². The summed E-state index contributed by atoms with van der Waals surface area (Å²) in [4.78, 5) is 31.4. The fourth-order valence-electron chi connectivity index (χ4n) is 4.63. The van der Waals surface area contributed by atoms with Gasteiger partial charge in [0.2, 0.25) is 10.0 Å². The van der Waals surface area contributed by atoms with Gasteiger partial charge in [-0.15, -0.1) is 24.5 Å². The van der Waals surface area contributed by atoms with Crippen LogP contribution in [0.15, 0.2) is 84.8 Å². The van der Waals surface area contributed by atoms with Crippen LogP contribution in [0.25, 0.3) is 0 Å². The van der Waals surface area contributed by atoms with E-state index in [0.29, 0.717) is 29.1 Å². The number of benzene rings is 2. The number of nitrogens with one attached hydrogen (secondary N) is 1. The molecule has 1 aliphatic rings. The highest BCUT2D eigenvalue weighted by Crippen LogP contribution is 2.38. The van der Waals surface area contributed by atoms with Gasteiger partial charge in [-0.05, 0) is 41.8 Å². The molecule has 8 nitrogen and oxygen atoms in total. The zero-order valence-electron chi connectivity index (χ0n) is 22.8. The molecule has 0 saturated heterocycles. The molecule has 2 aromatic carbocycles. The number of nitrogens with zero attached hydrogens (tertiary/aromatic N) is 3. The topological polar surface area (TPSA) is 90.0 Å². The van der Waals surface area contributed by atoms with E-state index in [0.717, 1.165) is 23.5 Å². The highest BCUT2D eigenvalue weighted by Gasteiger charge is 2.30. The van der Waals surface area contributed by atoms with Crippen LogP contribution in [0.2, 0.25) is 0 Å². The van der Waals surface area contributed by atoms with Gasteiger partial charge in [0.05, 0.1) is 10.5 Å². The predicted octanol–water partition coefficient (Wildman–Crippen LogP) is 4.62. The Hall–Kier alpha value is -3.57. The van der Waals surface area contributed by atoms with Gasteiger partial charge in [-0.25, -0.2) is 8.42 Å². The quantitative estimate of drug-likeness (QED) is 0.336. The highest BCUT2D eigenvalue weighted by molar-refractivity contribution is 7.89. The van der Waals surface area contributed by atoms with Crippen molar-refractivity contribution in [1.29, 1.82) is 0 Å². The standard InChI is InChI=1S/C30H34N4O4S2/c1-5-17-34(18-6-2)40(37,38)24-14-12-23(13-15-24)28(35)31-29-27(30(36)32(3)4)25-16-19-33(21-26(25)39-29)20-22-10-8-7-9-11-22/h5-15H,1-2,16-21H2,3-4H3,(H,31,35). The molecule has 40 heavy (non-hydrogen) atoms. The summed E-state index contributed by atoms with van der Waals surface area (Å²) >= 11 is 1.42. The normalized spacial score (nSPS) is 13.5. The number of sulfonamides is 1. The van der Waals surface area contributed by atoms with Crippen molar-refractivity contribution < 1.29 is 18.0 Å². The van der Waals surface area contributed by atoms with Gasteiger partial charge in [0, 0.05) is 57.3 Å². The molecule has 1 aliphatic heterocycles. The van der Waals surface area contributed by atoms with Crippen LogP contribution in [0.5, 0.6) is 0 Å². The number of carbonyl (C=O) groups excluding carboxylic acids is 2. The van der Waals surface area contributed by atoms with Crippen molar-refractivity contribution in [3.63, 3.8) is 0 Å². The van der Waals surface area contributed by atoms with Crippen molar-refractivity contribution in [2.45, 2.75) is 24.4 Å². The molecule has 0 unspecified atom stereocenters.